The summed E-state index contributed by atoms with van der Waals surface area (Å²) in [5.74, 6) is -2.25. The van der Waals surface area contributed by atoms with Crippen molar-refractivity contribution in [2.75, 3.05) is 17.3 Å². The van der Waals surface area contributed by atoms with Crippen molar-refractivity contribution in [2.45, 2.75) is 51.1 Å². The highest BCUT2D eigenvalue weighted by Gasteiger charge is 2.42. The minimum Gasteiger partial charge on any atom is -0.504 e. The van der Waals surface area contributed by atoms with E-state index in [2.05, 4.69) is 34.0 Å². The molecule has 2 aromatic rings. The summed E-state index contributed by atoms with van der Waals surface area (Å²) in [6.07, 6.45) is 3.06. The van der Waals surface area contributed by atoms with Crippen LogP contribution in [0, 0.1) is 17.2 Å². The van der Waals surface area contributed by atoms with E-state index in [0.29, 0.717) is 5.95 Å². The monoisotopic (exact) mass is 423 g/mol. The number of phenolic OH excluding ortho intramolecular Hbond substituents is 1. The van der Waals surface area contributed by atoms with Crippen molar-refractivity contribution in [3.8, 4) is 17.6 Å². The van der Waals surface area contributed by atoms with E-state index in [1.165, 1.54) is 7.11 Å². The highest BCUT2D eigenvalue weighted by Crippen LogP contribution is 2.44. The molecule has 0 bridgehead atoms. The maximum absolute atomic E-state index is 13.3. The minimum absolute atomic E-state index is 0.118. The molecule has 0 spiro atoms. The van der Waals surface area contributed by atoms with Crippen molar-refractivity contribution in [2.24, 2.45) is 5.92 Å². The SMILES string of the molecule is COc1cccc(C2c3c(nc(N4C(C)CCCC4C)[nH]c3=O)NC(=O)C2C#N)c1O. The summed E-state index contributed by atoms with van der Waals surface area (Å²) in [5, 5.41) is 23.0. The molecule has 1 aromatic carbocycles. The molecule has 9 heteroatoms. The molecule has 4 atom stereocenters. The number of amides is 1. The van der Waals surface area contributed by atoms with Gasteiger partial charge in [-0.2, -0.15) is 10.2 Å². The number of aromatic amines is 1. The van der Waals surface area contributed by atoms with Crippen LogP contribution in [-0.4, -0.2) is 40.2 Å². The molecule has 0 saturated carbocycles. The topological polar surface area (TPSA) is 131 Å². The number of carbonyl (C=O) groups excluding carboxylic acids is 1. The second-order valence-electron chi connectivity index (χ2n) is 8.16. The summed E-state index contributed by atoms with van der Waals surface area (Å²) in [6.45, 7) is 4.16. The first-order chi connectivity index (χ1) is 14.9. The van der Waals surface area contributed by atoms with Gasteiger partial charge in [0.1, 0.15) is 11.7 Å². The van der Waals surface area contributed by atoms with Crippen LogP contribution >= 0.6 is 0 Å². The van der Waals surface area contributed by atoms with Gasteiger partial charge in [0.05, 0.1) is 18.7 Å². The lowest BCUT2D eigenvalue weighted by Gasteiger charge is -2.40. The third-order valence-corrected chi connectivity index (χ3v) is 6.27. The van der Waals surface area contributed by atoms with Gasteiger partial charge in [0.15, 0.2) is 11.5 Å². The number of fused-ring (bicyclic) bond motifs is 1. The second kappa shape index (κ2) is 7.95. The van der Waals surface area contributed by atoms with E-state index < -0.39 is 23.3 Å². The highest BCUT2D eigenvalue weighted by molar-refractivity contribution is 5.98. The summed E-state index contributed by atoms with van der Waals surface area (Å²) >= 11 is 0. The first-order valence-electron chi connectivity index (χ1n) is 10.4. The van der Waals surface area contributed by atoms with Crippen molar-refractivity contribution in [3.05, 3.63) is 39.7 Å². The number of aromatic nitrogens is 2. The Morgan fingerprint density at radius 2 is 1.97 bits per heavy atom. The van der Waals surface area contributed by atoms with Crippen molar-refractivity contribution >= 4 is 17.7 Å². The largest absolute Gasteiger partial charge is 0.504 e. The van der Waals surface area contributed by atoms with Gasteiger partial charge in [-0.15, -0.1) is 0 Å². The van der Waals surface area contributed by atoms with Crippen LogP contribution in [0.5, 0.6) is 11.5 Å². The van der Waals surface area contributed by atoms with Crippen LogP contribution in [0.2, 0.25) is 0 Å². The molecule has 31 heavy (non-hydrogen) atoms. The number of hydrogen-bond acceptors (Lipinski definition) is 7. The maximum Gasteiger partial charge on any atom is 0.258 e. The standard InChI is InChI=1S/C22H25N5O4/c1-11-6-4-7-12(2)27(11)22-25-19-17(21(30)26-22)16(14(10-23)20(29)24-19)13-8-5-9-15(31-3)18(13)28/h5,8-9,11-12,14,16,28H,4,6-7H2,1-3H3,(H2,24,25,26,29,30). The van der Waals surface area contributed by atoms with Gasteiger partial charge in [0.2, 0.25) is 11.9 Å². The molecule has 2 aliphatic heterocycles. The lowest BCUT2D eigenvalue weighted by atomic mass is 9.78. The molecule has 0 radical (unpaired) electrons. The first kappa shape index (κ1) is 20.7. The number of aromatic hydroxyl groups is 1. The zero-order chi connectivity index (χ0) is 22.3. The van der Waals surface area contributed by atoms with Crippen molar-refractivity contribution < 1.29 is 14.6 Å². The van der Waals surface area contributed by atoms with Gasteiger partial charge < -0.3 is 20.1 Å². The molecule has 3 N–H and O–H groups in total. The fourth-order valence-electron chi connectivity index (χ4n) is 4.75. The van der Waals surface area contributed by atoms with Gasteiger partial charge in [0, 0.05) is 23.6 Å². The highest BCUT2D eigenvalue weighted by atomic mass is 16.5. The molecule has 9 nitrogen and oxygen atoms in total. The van der Waals surface area contributed by atoms with E-state index in [1.807, 2.05) is 6.07 Å². The summed E-state index contributed by atoms with van der Waals surface area (Å²) < 4.78 is 5.17. The quantitative estimate of drug-likeness (QED) is 0.691. The summed E-state index contributed by atoms with van der Waals surface area (Å²) in [7, 11) is 1.41. The number of nitriles is 1. The van der Waals surface area contributed by atoms with Gasteiger partial charge >= 0.3 is 0 Å². The zero-order valence-corrected chi connectivity index (χ0v) is 17.7. The van der Waals surface area contributed by atoms with E-state index in [0.717, 1.165) is 19.3 Å². The van der Waals surface area contributed by atoms with Crippen molar-refractivity contribution in [3.63, 3.8) is 0 Å². The average molecular weight is 423 g/mol. The van der Waals surface area contributed by atoms with Crippen LogP contribution in [0.3, 0.4) is 0 Å². The third kappa shape index (κ3) is 3.38. The fourth-order valence-corrected chi connectivity index (χ4v) is 4.75. The molecular formula is C22H25N5O4. The second-order valence-corrected chi connectivity index (χ2v) is 8.16. The lowest BCUT2D eigenvalue weighted by molar-refractivity contribution is -0.119. The van der Waals surface area contributed by atoms with Gasteiger partial charge in [-0.3, -0.25) is 14.6 Å². The van der Waals surface area contributed by atoms with Crippen molar-refractivity contribution in [1.29, 1.82) is 5.26 Å². The number of ether oxygens (including phenoxy) is 1. The number of rotatable bonds is 3. The molecule has 4 unspecified atom stereocenters. The van der Waals surface area contributed by atoms with E-state index >= 15 is 0 Å². The molecule has 1 fully saturated rings. The molecule has 162 valence electrons. The van der Waals surface area contributed by atoms with Crippen LogP contribution in [0.4, 0.5) is 11.8 Å². The van der Waals surface area contributed by atoms with E-state index in [1.54, 1.807) is 18.2 Å². The predicted molar refractivity (Wildman–Crippen MR) is 114 cm³/mol. The first-order valence-corrected chi connectivity index (χ1v) is 10.4. The molecule has 0 aliphatic carbocycles. The number of benzene rings is 1. The van der Waals surface area contributed by atoms with Crippen molar-refractivity contribution in [1.82, 2.24) is 9.97 Å². The van der Waals surface area contributed by atoms with Crippen LogP contribution < -0.4 is 20.5 Å². The molecule has 4 rings (SSSR count). The normalized spacial score (nSPS) is 25.4. The van der Waals surface area contributed by atoms with E-state index in [4.69, 9.17) is 4.74 Å². The Kier molecular flexibility index (Phi) is 5.31. The molecular weight excluding hydrogens is 398 g/mol. The number of hydrogen-bond donors (Lipinski definition) is 3. The number of para-hydroxylation sites is 1. The number of anilines is 2. The van der Waals surface area contributed by atoms with E-state index in [9.17, 15) is 20.0 Å². The smallest absolute Gasteiger partial charge is 0.258 e. The number of methoxy groups -OCH3 is 1. The molecule has 1 aromatic heterocycles. The fraction of sp³-hybridized carbons (Fsp3) is 0.455. The Morgan fingerprint density at radius 3 is 2.61 bits per heavy atom. The Bertz CT molecular complexity index is 1110. The lowest BCUT2D eigenvalue weighted by Crippen LogP contribution is -2.46. The Labute approximate surface area is 179 Å². The summed E-state index contributed by atoms with van der Waals surface area (Å²) in [6, 6.07) is 7.14. The van der Waals surface area contributed by atoms with Crippen LogP contribution in [0.1, 0.15) is 50.2 Å². The van der Waals surface area contributed by atoms with Gasteiger partial charge in [-0.05, 0) is 39.2 Å². The zero-order valence-electron chi connectivity index (χ0n) is 17.7. The van der Waals surface area contributed by atoms with E-state index in [-0.39, 0.29) is 40.5 Å². The van der Waals surface area contributed by atoms with Crippen LogP contribution in [0.25, 0.3) is 0 Å². The number of nitrogens with zero attached hydrogens (tertiary/aromatic N) is 3. The van der Waals surface area contributed by atoms with Gasteiger partial charge in [-0.1, -0.05) is 12.1 Å². The average Bonchev–Trinajstić information content (AvgIpc) is 2.73. The molecule has 2 aliphatic rings. The molecule has 1 saturated heterocycles. The van der Waals surface area contributed by atoms with Gasteiger partial charge in [-0.25, -0.2) is 0 Å². The number of phenols is 1. The predicted octanol–water partition coefficient (Wildman–Crippen LogP) is 2.48. The number of piperidine rings is 1. The Morgan fingerprint density at radius 1 is 1.26 bits per heavy atom. The summed E-state index contributed by atoms with van der Waals surface area (Å²) in [4.78, 5) is 35.5. The maximum atomic E-state index is 13.3. The van der Waals surface area contributed by atoms with Crippen LogP contribution in [0.15, 0.2) is 23.0 Å². The minimum atomic E-state index is -1.20. The third-order valence-electron chi connectivity index (χ3n) is 6.27. The number of carbonyl (C=O) groups is 1. The Balaban J connectivity index is 1.90. The Hall–Kier alpha value is -3.54. The molecule has 3 heterocycles. The number of nitrogens with one attached hydrogen (secondary N) is 2. The molecule has 1 amide bonds. The summed E-state index contributed by atoms with van der Waals surface area (Å²) in [5.41, 5.74) is -0.0324. The van der Waals surface area contributed by atoms with Gasteiger partial charge in [0.25, 0.3) is 5.56 Å². The van der Waals surface area contributed by atoms with Crippen LogP contribution in [-0.2, 0) is 4.79 Å². The number of H-pyrrole nitrogens is 1.